The van der Waals surface area contributed by atoms with Crippen molar-refractivity contribution in [2.75, 3.05) is 12.4 Å². The van der Waals surface area contributed by atoms with E-state index in [4.69, 9.17) is 22.1 Å². The lowest BCUT2D eigenvalue weighted by atomic mass is 9.98. The van der Waals surface area contributed by atoms with Gasteiger partial charge in [0.1, 0.15) is 11.6 Å². The molecule has 1 atom stereocenters. The molecule has 0 radical (unpaired) electrons. The van der Waals surface area contributed by atoms with Gasteiger partial charge in [0.25, 0.3) is 0 Å². The number of anilines is 1. The quantitative estimate of drug-likeness (QED) is 0.591. The third-order valence-corrected chi connectivity index (χ3v) is 5.11. The molecule has 6 heteroatoms. The second kappa shape index (κ2) is 8.41. The zero-order chi connectivity index (χ0) is 20.2. The summed E-state index contributed by atoms with van der Waals surface area (Å²) in [4.78, 5) is 0. The van der Waals surface area contributed by atoms with Crippen molar-refractivity contribution in [3.63, 3.8) is 0 Å². The van der Waals surface area contributed by atoms with Crippen LogP contribution in [0.25, 0.3) is 0 Å². The van der Waals surface area contributed by atoms with Crippen molar-refractivity contribution >= 4 is 28.7 Å². The monoisotopic (exact) mass is 405 g/mol. The van der Waals surface area contributed by atoms with Gasteiger partial charge in [-0.05, 0) is 71.9 Å². The van der Waals surface area contributed by atoms with Gasteiger partial charge in [0.15, 0.2) is 5.11 Å². The number of nitrogens with zero attached hydrogens (tertiary/aromatic N) is 2. The van der Waals surface area contributed by atoms with Gasteiger partial charge >= 0.3 is 0 Å². The molecule has 3 aromatic carbocycles. The van der Waals surface area contributed by atoms with Crippen molar-refractivity contribution in [3.8, 4) is 5.75 Å². The highest BCUT2D eigenvalue weighted by molar-refractivity contribution is 7.80. The van der Waals surface area contributed by atoms with Gasteiger partial charge in [-0.1, -0.05) is 30.3 Å². The van der Waals surface area contributed by atoms with Crippen LogP contribution in [0.3, 0.4) is 0 Å². The van der Waals surface area contributed by atoms with E-state index in [2.05, 4.69) is 5.32 Å². The van der Waals surface area contributed by atoms with Crippen LogP contribution in [-0.2, 0) is 0 Å². The van der Waals surface area contributed by atoms with Crippen LogP contribution >= 0.6 is 12.2 Å². The largest absolute Gasteiger partial charge is 0.497 e. The summed E-state index contributed by atoms with van der Waals surface area (Å²) in [5.41, 5.74) is 3.77. The summed E-state index contributed by atoms with van der Waals surface area (Å²) in [6.07, 6.45) is 0.661. The Morgan fingerprint density at radius 3 is 2.38 bits per heavy atom. The normalized spacial score (nSPS) is 15.7. The summed E-state index contributed by atoms with van der Waals surface area (Å²) in [6, 6.07) is 23.9. The Bertz CT molecular complexity index is 1020. The standard InChI is InChI=1S/C23H20FN3OS/c1-28-20-13-9-16(10-14-20)21-15-22(17-7-11-18(24)12-8-17)27(26-21)23(29)25-19-5-3-2-4-6-19/h2-14,22H,15H2,1H3,(H,25,29). The van der Waals surface area contributed by atoms with Crippen molar-refractivity contribution in [2.45, 2.75) is 12.5 Å². The summed E-state index contributed by atoms with van der Waals surface area (Å²) in [7, 11) is 1.64. The minimum absolute atomic E-state index is 0.114. The molecule has 1 unspecified atom stereocenters. The van der Waals surface area contributed by atoms with Gasteiger partial charge in [0, 0.05) is 12.1 Å². The average Bonchev–Trinajstić information content (AvgIpc) is 3.21. The Balaban J connectivity index is 1.64. The molecule has 0 aromatic heterocycles. The zero-order valence-corrected chi connectivity index (χ0v) is 16.7. The van der Waals surface area contributed by atoms with Crippen LogP contribution in [0.2, 0.25) is 0 Å². The van der Waals surface area contributed by atoms with Crippen LogP contribution in [0.5, 0.6) is 5.75 Å². The van der Waals surface area contributed by atoms with Crippen LogP contribution in [0.4, 0.5) is 10.1 Å². The number of thiocarbonyl (C=S) groups is 1. The Labute approximate surface area is 174 Å². The lowest BCUT2D eigenvalue weighted by molar-refractivity contribution is 0.375. The lowest BCUT2D eigenvalue weighted by Gasteiger charge is -2.25. The maximum atomic E-state index is 13.4. The highest BCUT2D eigenvalue weighted by Gasteiger charge is 2.31. The third-order valence-electron chi connectivity index (χ3n) is 4.82. The Morgan fingerprint density at radius 2 is 1.72 bits per heavy atom. The molecule has 1 heterocycles. The molecule has 4 nitrogen and oxygen atoms in total. The van der Waals surface area contributed by atoms with Gasteiger partial charge in [-0.3, -0.25) is 0 Å². The molecule has 1 N–H and O–H groups in total. The molecular formula is C23H20FN3OS. The SMILES string of the molecule is COc1ccc(C2=NN(C(=S)Nc3ccccc3)C(c3ccc(F)cc3)C2)cc1. The van der Waals surface area contributed by atoms with E-state index in [1.807, 2.05) is 54.6 Å². The summed E-state index contributed by atoms with van der Waals surface area (Å²) >= 11 is 5.65. The van der Waals surface area contributed by atoms with Crippen LogP contribution in [0, 0.1) is 5.82 Å². The first-order chi connectivity index (χ1) is 14.1. The number of ether oxygens (including phenoxy) is 1. The van der Waals surface area contributed by atoms with E-state index in [1.165, 1.54) is 12.1 Å². The molecule has 1 aliphatic rings. The second-order valence-corrected chi connectivity index (χ2v) is 7.07. The van der Waals surface area contributed by atoms with Crippen molar-refractivity contribution in [2.24, 2.45) is 5.10 Å². The summed E-state index contributed by atoms with van der Waals surface area (Å²) in [6.45, 7) is 0. The van der Waals surface area contributed by atoms with E-state index in [0.717, 1.165) is 28.3 Å². The predicted molar refractivity (Wildman–Crippen MR) is 118 cm³/mol. The summed E-state index contributed by atoms with van der Waals surface area (Å²) < 4.78 is 18.7. The molecular weight excluding hydrogens is 385 g/mol. The van der Waals surface area contributed by atoms with Crippen molar-refractivity contribution < 1.29 is 9.13 Å². The molecule has 3 aromatic rings. The number of benzene rings is 3. The van der Waals surface area contributed by atoms with Crippen LogP contribution in [0.1, 0.15) is 23.6 Å². The van der Waals surface area contributed by atoms with E-state index in [0.29, 0.717) is 11.5 Å². The first-order valence-electron chi connectivity index (χ1n) is 9.26. The van der Waals surface area contributed by atoms with E-state index < -0.39 is 0 Å². The molecule has 0 amide bonds. The van der Waals surface area contributed by atoms with Gasteiger partial charge < -0.3 is 10.1 Å². The van der Waals surface area contributed by atoms with Crippen LogP contribution in [0.15, 0.2) is 84.0 Å². The lowest BCUT2D eigenvalue weighted by Crippen LogP contribution is -2.31. The number of rotatable bonds is 4. The average molecular weight is 405 g/mol. The van der Waals surface area contributed by atoms with E-state index >= 15 is 0 Å². The number of hydrogen-bond donors (Lipinski definition) is 1. The minimum atomic E-state index is -0.264. The smallest absolute Gasteiger partial charge is 0.194 e. The summed E-state index contributed by atoms with van der Waals surface area (Å²) in [5.74, 6) is 0.528. The van der Waals surface area contributed by atoms with Gasteiger partial charge in [-0.15, -0.1) is 0 Å². The number of halogens is 1. The van der Waals surface area contributed by atoms with Gasteiger partial charge in [0.2, 0.25) is 0 Å². The minimum Gasteiger partial charge on any atom is -0.497 e. The fraction of sp³-hybridized carbons (Fsp3) is 0.130. The highest BCUT2D eigenvalue weighted by atomic mass is 32.1. The molecule has 0 saturated carbocycles. The molecule has 0 fully saturated rings. The molecule has 4 rings (SSSR count). The van der Waals surface area contributed by atoms with E-state index in [1.54, 1.807) is 24.3 Å². The van der Waals surface area contributed by atoms with Crippen LogP contribution < -0.4 is 10.1 Å². The number of methoxy groups -OCH3 is 1. The molecule has 29 heavy (non-hydrogen) atoms. The summed E-state index contributed by atoms with van der Waals surface area (Å²) in [5, 5.41) is 10.3. The van der Waals surface area contributed by atoms with Gasteiger partial charge in [0.05, 0.1) is 18.9 Å². The van der Waals surface area contributed by atoms with E-state index in [-0.39, 0.29) is 11.9 Å². The number of hydrazone groups is 1. The number of para-hydroxylation sites is 1. The highest BCUT2D eigenvalue weighted by Crippen LogP contribution is 2.33. The second-order valence-electron chi connectivity index (χ2n) is 6.69. The number of hydrogen-bond acceptors (Lipinski definition) is 3. The Morgan fingerprint density at radius 1 is 1.03 bits per heavy atom. The topological polar surface area (TPSA) is 36.9 Å². The maximum absolute atomic E-state index is 13.4. The zero-order valence-electron chi connectivity index (χ0n) is 15.9. The van der Waals surface area contributed by atoms with Crippen molar-refractivity contribution in [1.82, 2.24) is 5.01 Å². The maximum Gasteiger partial charge on any atom is 0.194 e. The van der Waals surface area contributed by atoms with Gasteiger partial charge in [-0.25, -0.2) is 9.40 Å². The first-order valence-corrected chi connectivity index (χ1v) is 9.67. The van der Waals surface area contributed by atoms with Crippen LogP contribution in [-0.4, -0.2) is 22.9 Å². The number of nitrogens with one attached hydrogen (secondary N) is 1. The molecule has 0 saturated heterocycles. The first kappa shape index (κ1) is 19.1. The molecule has 0 spiro atoms. The fourth-order valence-electron chi connectivity index (χ4n) is 3.30. The third kappa shape index (κ3) is 4.27. The van der Waals surface area contributed by atoms with Crippen molar-refractivity contribution in [3.05, 3.63) is 95.8 Å². The molecule has 1 aliphatic heterocycles. The van der Waals surface area contributed by atoms with Gasteiger partial charge in [-0.2, -0.15) is 5.10 Å². The predicted octanol–water partition coefficient (Wildman–Crippen LogP) is 5.38. The van der Waals surface area contributed by atoms with Crippen molar-refractivity contribution in [1.29, 1.82) is 0 Å². The fourth-order valence-corrected chi connectivity index (χ4v) is 3.59. The van der Waals surface area contributed by atoms with E-state index in [9.17, 15) is 4.39 Å². The molecule has 146 valence electrons. The Kier molecular flexibility index (Phi) is 5.53. The molecule has 0 aliphatic carbocycles. The molecule has 0 bridgehead atoms. The Hall–Kier alpha value is -3.25.